The van der Waals surface area contributed by atoms with E-state index in [4.69, 9.17) is 21.1 Å². The van der Waals surface area contributed by atoms with Gasteiger partial charge in [-0.1, -0.05) is 0 Å². The number of hydrogen-bond acceptors (Lipinski definition) is 4. The molecule has 0 aliphatic carbocycles. The molecule has 2 rings (SSSR count). The van der Waals surface area contributed by atoms with Crippen LogP contribution < -0.4 is 21.1 Å². The number of ether oxygens (including phenoxy) is 2. The van der Waals surface area contributed by atoms with Gasteiger partial charge in [0.2, 0.25) is 6.79 Å². The summed E-state index contributed by atoms with van der Waals surface area (Å²) in [5.41, 5.74) is 7.35. The van der Waals surface area contributed by atoms with Gasteiger partial charge in [0.05, 0.1) is 0 Å². The van der Waals surface area contributed by atoms with E-state index in [0.29, 0.717) is 11.6 Å². The van der Waals surface area contributed by atoms with Gasteiger partial charge in [0.1, 0.15) is 0 Å². The summed E-state index contributed by atoms with van der Waals surface area (Å²) in [4.78, 5) is 0. The molecule has 1 aromatic rings. The van der Waals surface area contributed by atoms with Crippen molar-refractivity contribution in [1.29, 1.82) is 0 Å². The fourth-order valence-electron chi connectivity index (χ4n) is 1.39. The van der Waals surface area contributed by atoms with Crippen LogP contribution in [0.4, 0.5) is 0 Å². The lowest BCUT2D eigenvalue weighted by Gasteiger charge is -2.05. The third kappa shape index (κ3) is 1.22. The van der Waals surface area contributed by atoms with Crippen LogP contribution >= 0.6 is 0 Å². The molecule has 4 N–H and O–H groups in total. The van der Waals surface area contributed by atoms with Gasteiger partial charge in [-0.05, 0) is 24.6 Å². The molecule has 1 heterocycles. The second-order valence-electron chi connectivity index (χ2n) is 3.03. The first kappa shape index (κ1) is 8.68. The normalized spacial score (nSPS) is 14.5. The fourth-order valence-corrected chi connectivity index (χ4v) is 1.39. The quantitative estimate of drug-likeness (QED) is 0.291. The Morgan fingerprint density at radius 3 is 2.64 bits per heavy atom. The molecule has 14 heavy (non-hydrogen) atoms. The molecule has 0 spiro atoms. The first-order valence-corrected chi connectivity index (χ1v) is 4.16. The maximum absolute atomic E-state index is 5.62. The molecule has 0 unspecified atom stereocenters. The summed E-state index contributed by atoms with van der Waals surface area (Å²) < 4.78 is 10.4. The minimum absolute atomic E-state index is 0.248. The van der Waals surface area contributed by atoms with E-state index in [-0.39, 0.29) is 6.79 Å². The molecule has 0 fully saturated rings. The average molecular weight is 193 g/mol. The van der Waals surface area contributed by atoms with Crippen molar-refractivity contribution in [3.63, 3.8) is 0 Å². The molecule has 1 aromatic carbocycles. The number of amidine groups is 1. The number of hydrazone groups is 1. The van der Waals surface area contributed by atoms with Gasteiger partial charge in [0.25, 0.3) is 0 Å². The Kier molecular flexibility index (Phi) is 1.92. The molecule has 0 saturated heterocycles. The van der Waals surface area contributed by atoms with Gasteiger partial charge in [-0.15, -0.1) is 0 Å². The fraction of sp³-hybridized carbons (Fsp3) is 0.222. The molecule has 0 atom stereocenters. The van der Waals surface area contributed by atoms with Crippen molar-refractivity contribution >= 4 is 5.84 Å². The Hall–Kier alpha value is -1.91. The van der Waals surface area contributed by atoms with Crippen LogP contribution in [0, 0.1) is 6.92 Å². The lowest BCUT2D eigenvalue weighted by Crippen LogP contribution is -2.16. The van der Waals surface area contributed by atoms with Gasteiger partial charge >= 0.3 is 0 Å². The van der Waals surface area contributed by atoms with Crippen molar-refractivity contribution in [3.05, 3.63) is 23.3 Å². The third-order valence-corrected chi connectivity index (χ3v) is 2.13. The second-order valence-corrected chi connectivity index (χ2v) is 3.03. The van der Waals surface area contributed by atoms with Crippen LogP contribution in [0.2, 0.25) is 0 Å². The number of fused-ring (bicyclic) bond motifs is 1. The highest BCUT2D eigenvalue weighted by atomic mass is 16.7. The predicted molar refractivity (Wildman–Crippen MR) is 52.2 cm³/mol. The molecule has 74 valence electrons. The monoisotopic (exact) mass is 193 g/mol. The van der Waals surface area contributed by atoms with E-state index >= 15 is 0 Å². The van der Waals surface area contributed by atoms with Gasteiger partial charge in [-0.2, -0.15) is 5.10 Å². The van der Waals surface area contributed by atoms with E-state index in [1.165, 1.54) is 0 Å². The number of hydrogen-bond donors (Lipinski definition) is 2. The molecule has 0 amide bonds. The zero-order valence-electron chi connectivity index (χ0n) is 7.78. The summed E-state index contributed by atoms with van der Waals surface area (Å²) in [7, 11) is 0. The molecule has 5 heteroatoms. The number of nitrogens with two attached hydrogens (primary N) is 2. The number of aryl methyl sites for hydroxylation is 1. The molecular weight excluding hydrogens is 182 g/mol. The van der Waals surface area contributed by atoms with E-state index in [1.54, 1.807) is 6.07 Å². The Bertz CT molecular complexity index is 401. The second kappa shape index (κ2) is 3.10. The molecule has 5 nitrogen and oxygen atoms in total. The van der Waals surface area contributed by atoms with Gasteiger partial charge in [0, 0.05) is 5.56 Å². The van der Waals surface area contributed by atoms with Crippen molar-refractivity contribution < 1.29 is 9.47 Å². The Morgan fingerprint density at radius 1 is 1.36 bits per heavy atom. The van der Waals surface area contributed by atoms with Crippen molar-refractivity contribution in [2.75, 3.05) is 6.79 Å². The van der Waals surface area contributed by atoms with Gasteiger partial charge < -0.3 is 21.1 Å². The van der Waals surface area contributed by atoms with Crippen LogP contribution in [0.5, 0.6) is 11.5 Å². The smallest absolute Gasteiger partial charge is 0.231 e. The Labute approximate surface area is 81.3 Å². The Morgan fingerprint density at radius 2 is 2.00 bits per heavy atom. The maximum Gasteiger partial charge on any atom is 0.231 e. The zero-order valence-corrected chi connectivity index (χ0v) is 7.78. The third-order valence-electron chi connectivity index (χ3n) is 2.13. The highest BCUT2D eigenvalue weighted by molar-refractivity contribution is 5.99. The van der Waals surface area contributed by atoms with Crippen LogP contribution in [-0.2, 0) is 0 Å². The van der Waals surface area contributed by atoms with Crippen LogP contribution in [0.15, 0.2) is 17.2 Å². The van der Waals surface area contributed by atoms with E-state index < -0.39 is 0 Å². The topological polar surface area (TPSA) is 82.9 Å². The van der Waals surface area contributed by atoms with Crippen molar-refractivity contribution in [1.82, 2.24) is 0 Å². The molecule has 1 aliphatic heterocycles. The zero-order chi connectivity index (χ0) is 10.1. The summed E-state index contributed by atoms with van der Waals surface area (Å²) in [5.74, 6) is 6.81. The lowest BCUT2D eigenvalue weighted by atomic mass is 10.1. The van der Waals surface area contributed by atoms with E-state index in [9.17, 15) is 0 Å². The van der Waals surface area contributed by atoms with Gasteiger partial charge in [-0.25, -0.2) is 0 Å². The van der Waals surface area contributed by atoms with Crippen molar-refractivity contribution in [2.45, 2.75) is 6.92 Å². The summed E-state index contributed by atoms with van der Waals surface area (Å²) in [5, 5.41) is 3.44. The lowest BCUT2D eigenvalue weighted by molar-refractivity contribution is 0.174. The van der Waals surface area contributed by atoms with E-state index in [2.05, 4.69) is 5.10 Å². The highest BCUT2D eigenvalue weighted by Crippen LogP contribution is 2.34. The highest BCUT2D eigenvalue weighted by Gasteiger charge is 2.16. The first-order chi connectivity index (χ1) is 6.72. The summed E-state index contributed by atoms with van der Waals surface area (Å²) in [6.45, 7) is 2.16. The van der Waals surface area contributed by atoms with E-state index in [0.717, 1.165) is 16.9 Å². The largest absolute Gasteiger partial charge is 0.454 e. The first-order valence-electron chi connectivity index (χ1n) is 4.16. The Balaban J connectivity index is 2.53. The van der Waals surface area contributed by atoms with Crippen LogP contribution in [0.3, 0.4) is 0 Å². The number of rotatable bonds is 1. The molecule has 1 aliphatic rings. The van der Waals surface area contributed by atoms with Gasteiger partial charge in [0.15, 0.2) is 17.3 Å². The molecule has 0 radical (unpaired) electrons. The summed E-state index contributed by atoms with van der Waals surface area (Å²) in [6.07, 6.45) is 0. The molecular formula is C9H11N3O2. The molecule has 0 aromatic heterocycles. The summed E-state index contributed by atoms with van der Waals surface area (Å²) in [6, 6.07) is 3.64. The van der Waals surface area contributed by atoms with Gasteiger partial charge in [-0.3, -0.25) is 0 Å². The molecule has 0 saturated carbocycles. The van der Waals surface area contributed by atoms with E-state index in [1.807, 2.05) is 13.0 Å². The van der Waals surface area contributed by atoms with Crippen LogP contribution in [-0.4, -0.2) is 12.6 Å². The average Bonchev–Trinajstić information content (AvgIpc) is 2.62. The SMILES string of the molecule is Cc1cc2c(cc1/C(N)=N/N)OCO2. The predicted octanol–water partition coefficient (Wildman–Crippen LogP) is 0.303. The maximum atomic E-state index is 5.62. The minimum atomic E-state index is 0.248. The van der Waals surface area contributed by atoms with Crippen LogP contribution in [0.25, 0.3) is 0 Å². The van der Waals surface area contributed by atoms with Crippen molar-refractivity contribution in [3.8, 4) is 11.5 Å². The van der Waals surface area contributed by atoms with Crippen LogP contribution in [0.1, 0.15) is 11.1 Å². The summed E-state index contributed by atoms with van der Waals surface area (Å²) >= 11 is 0. The molecule has 0 bridgehead atoms. The number of nitrogens with zero attached hydrogens (tertiary/aromatic N) is 1. The van der Waals surface area contributed by atoms with Crippen molar-refractivity contribution in [2.24, 2.45) is 16.7 Å². The number of benzene rings is 1. The standard InChI is InChI=1S/C9H11N3O2/c1-5-2-7-8(14-4-13-7)3-6(5)9(10)12-11/h2-3H,4,11H2,1H3,(H2,10,12). The minimum Gasteiger partial charge on any atom is -0.454 e.